The molecule has 0 saturated heterocycles. The third-order valence-corrected chi connectivity index (χ3v) is 2.47. The Morgan fingerprint density at radius 2 is 2.20 bits per heavy atom. The Bertz CT molecular complexity index is 528. The van der Waals surface area contributed by atoms with Gasteiger partial charge in [-0.25, -0.2) is 4.39 Å². The summed E-state index contributed by atoms with van der Waals surface area (Å²) in [7, 11) is 1.79. The van der Waals surface area contributed by atoms with Crippen LogP contribution in [0.1, 0.15) is 12.5 Å². The number of benzene rings is 1. The monoisotopic (exact) mass is 205 g/mol. The van der Waals surface area contributed by atoms with E-state index in [0.717, 1.165) is 10.9 Å². The van der Waals surface area contributed by atoms with E-state index >= 15 is 0 Å². The van der Waals surface area contributed by atoms with E-state index in [9.17, 15) is 9.18 Å². The van der Waals surface area contributed by atoms with Crippen LogP contribution in [-0.4, -0.2) is 10.4 Å². The molecule has 0 N–H and O–H groups in total. The van der Waals surface area contributed by atoms with Crippen LogP contribution < -0.4 is 0 Å². The summed E-state index contributed by atoms with van der Waals surface area (Å²) < 4.78 is 15.2. The quantitative estimate of drug-likeness (QED) is 0.738. The molecule has 0 spiro atoms. The van der Waals surface area contributed by atoms with Gasteiger partial charge in [-0.2, -0.15) is 0 Å². The van der Waals surface area contributed by atoms with Gasteiger partial charge in [0.1, 0.15) is 11.6 Å². The molecular weight excluding hydrogens is 193 g/mol. The first kappa shape index (κ1) is 9.90. The standard InChI is InChI=1S/C12H12FNO/c1-8(15)6-9-7-14(2)12-10(9)4-3-5-11(12)13/h3-5,7H,6H2,1-2H3. The molecule has 2 nitrogen and oxygen atoms in total. The molecule has 0 aliphatic heterocycles. The Kier molecular flexibility index (Phi) is 2.31. The minimum Gasteiger partial charge on any atom is -0.348 e. The van der Waals surface area contributed by atoms with Crippen molar-refractivity contribution in [3.8, 4) is 0 Å². The van der Waals surface area contributed by atoms with Gasteiger partial charge >= 0.3 is 0 Å². The van der Waals surface area contributed by atoms with Crippen molar-refractivity contribution in [1.29, 1.82) is 0 Å². The fraction of sp³-hybridized carbons (Fsp3) is 0.250. The number of hydrogen-bond acceptors (Lipinski definition) is 1. The van der Waals surface area contributed by atoms with Crippen LogP contribution in [0.4, 0.5) is 4.39 Å². The van der Waals surface area contributed by atoms with Crippen LogP contribution in [0, 0.1) is 5.82 Å². The van der Waals surface area contributed by atoms with Crippen molar-refractivity contribution >= 4 is 16.7 Å². The molecule has 0 fully saturated rings. The summed E-state index contributed by atoms with van der Waals surface area (Å²) in [6.45, 7) is 1.54. The van der Waals surface area contributed by atoms with E-state index in [1.165, 1.54) is 13.0 Å². The second-order valence-electron chi connectivity index (χ2n) is 3.78. The van der Waals surface area contributed by atoms with Crippen LogP contribution in [0.25, 0.3) is 10.9 Å². The van der Waals surface area contributed by atoms with Crippen molar-refractivity contribution in [2.24, 2.45) is 7.05 Å². The van der Waals surface area contributed by atoms with Gasteiger partial charge in [0.05, 0.1) is 5.52 Å². The SMILES string of the molecule is CC(=O)Cc1cn(C)c2c(F)cccc12. The molecule has 0 radical (unpaired) electrons. The zero-order valence-corrected chi connectivity index (χ0v) is 8.75. The molecule has 0 aliphatic rings. The molecule has 1 aromatic carbocycles. The van der Waals surface area contributed by atoms with Crippen LogP contribution in [0.2, 0.25) is 0 Å². The Morgan fingerprint density at radius 1 is 1.47 bits per heavy atom. The van der Waals surface area contributed by atoms with Gasteiger partial charge in [0, 0.05) is 25.1 Å². The topological polar surface area (TPSA) is 22.0 Å². The average Bonchev–Trinajstić information content (AvgIpc) is 2.44. The molecule has 0 atom stereocenters. The zero-order valence-electron chi connectivity index (χ0n) is 8.75. The molecule has 0 bridgehead atoms. The van der Waals surface area contributed by atoms with E-state index in [1.807, 2.05) is 12.3 Å². The van der Waals surface area contributed by atoms with Gasteiger partial charge in [-0.15, -0.1) is 0 Å². The highest BCUT2D eigenvalue weighted by Gasteiger charge is 2.10. The minimum absolute atomic E-state index is 0.0896. The minimum atomic E-state index is -0.246. The Labute approximate surface area is 87.3 Å². The van der Waals surface area contributed by atoms with Crippen LogP contribution in [0.5, 0.6) is 0 Å². The van der Waals surface area contributed by atoms with Crippen molar-refractivity contribution < 1.29 is 9.18 Å². The van der Waals surface area contributed by atoms with Gasteiger partial charge in [-0.1, -0.05) is 12.1 Å². The third kappa shape index (κ3) is 1.65. The van der Waals surface area contributed by atoms with Crippen molar-refractivity contribution in [3.63, 3.8) is 0 Å². The summed E-state index contributed by atoms with van der Waals surface area (Å²) in [5.74, 6) is -0.156. The number of halogens is 1. The molecule has 0 unspecified atom stereocenters. The largest absolute Gasteiger partial charge is 0.348 e. The predicted molar refractivity (Wildman–Crippen MR) is 57.3 cm³/mol. The lowest BCUT2D eigenvalue weighted by Gasteiger charge is -1.97. The number of carbonyl (C=O) groups excluding carboxylic acids is 1. The van der Waals surface area contributed by atoms with E-state index in [0.29, 0.717) is 11.9 Å². The second-order valence-corrected chi connectivity index (χ2v) is 3.78. The molecule has 0 aliphatic carbocycles. The van der Waals surface area contributed by atoms with Gasteiger partial charge in [-0.05, 0) is 18.6 Å². The molecule has 2 aromatic rings. The van der Waals surface area contributed by atoms with E-state index < -0.39 is 0 Å². The lowest BCUT2D eigenvalue weighted by molar-refractivity contribution is -0.116. The van der Waals surface area contributed by atoms with Crippen molar-refractivity contribution in [1.82, 2.24) is 4.57 Å². The smallest absolute Gasteiger partial charge is 0.147 e. The first-order valence-electron chi connectivity index (χ1n) is 4.81. The molecular formula is C12H12FNO. The fourth-order valence-electron chi connectivity index (χ4n) is 1.91. The number of para-hydroxylation sites is 1. The highest BCUT2D eigenvalue weighted by molar-refractivity contribution is 5.89. The van der Waals surface area contributed by atoms with Gasteiger partial charge in [0.25, 0.3) is 0 Å². The molecule has 3 heteroatoms. The first-order chi connectivity index (χ1) is 7.09. The van der Waals surface area contributed by atoms with Crippen LogP contribution >= 0.6 is 0 Å². The molecule has 0 saturated carbocycles. The Hall–Kier alpha value is -1.64. The average molecular weight is 205 g/mol. The van der Waals surface area contributed by atoms with Gasteiger partial charge < -0.3 is 4.57 Å². The molecule has 2 rings (SSSR count). The molecule has 1 aromatic heterocycles. The van der Waals surface area contributed by atoms with Crippen molar-refractivity contribution in [2.75, 3.05) is 0 Å². The number of rotatable bonds is 2. The number of aromatic nitrogens is 1. The summed E-state index contributed by atoms with van der Waals surface area (Å²) in [5.41, 5.74) is 1.45. The van der Waals surface area contributed by atoms with Crippen LogP contribution in [0.15, 0.2) is 24.4 Å². The predicted octanol–water partition coefficient (Wildman–Crippen LogP) is 2.45. The van der Waals surface area contributed by atoms with Gasteiger partial charge in [0.2, 0.25) is 0 Å². The Morgan fingerprint density at radius 3 is 2.87 bits per heavy atom. The number of Topliss-reactive ketones (excluding diaryl/α,β-unsaturated/α-hetero) is 1. The van der Waals surface area contributed by atoms with Crippen LogP contribution in [0.3, 0.4) is 0 Å². The van der Waals surface area contributed by atoms with Crippen LogP contribution in [-0.2, 0) is 18.3 Å². The maximum absolute atomic E-state index is 13.5. The maximum Gasteiger partial charge on any atom is 0.147 e. The highest BCUT2D eigenvalue weighted by atomic mass is 19.1. The van der Waals surface area contributed by atoms with E-state index in [2.05, 4.69) is 0 Å². The second kappa shape index (κ2) is 3.50. The maximum atomic E-state index is 13.5. The lowest BCUT2D eigenvalue weighted by atomic mass is 10.1. The number of nitrogens with zero attached hydrogens (tertiary/aromatic N) is 1. The highest BCUT2D eigenvalue weighted by Crippen LogP contribution is 2.23. The zero-order chi connectivity index (χ0) is 11.0. The number of hydrogen-bond donors (Lipinski definition) is 0. The number of ketones is 1. The number of carbonyl (C=O) groups is 1. The van der Waals surface area contributed by atoms with Gasteiger partial charge in [-0.3, -0.25) is 4.79 Å². The third-order valence-electron chi connectivity index (χ3n) is 2.47. The summed E-state index contributed by atoms with van der Waals surface area (Å²) in [6, 6.07) is 4.94. The first-order valence-corrected chi connectivity index (χ1v) is 4.81. The molecule has 78 valence electrons. The summed E-state index contributed by atoms with van der Waals surface area (Å²) in [4.78, 5) is 11.0. The fourth-order valence-corrected chi connectivity index (χ4v) is 1.91. The van der Waals surface area contributed by atoms with E-state index in [-0.39, 0.29) is 11.6 Å². The van der Waals surface area contributed by atoms with E-state index in [4.69, 9.17) is 0 Å². The summed E-state index contributed by atoms with van der Waals surface area (Å²) in [5, 5.41) is 0.827. The molecule has 15 heavy (non-hydrogen) atoms. The molecule has 1 heterocycles. The number of aryl methyl sites for hydroxylation is 1. The van der Waals surface area contributed by atoms with E-state index in [1.54, 1.807) is 17.7 Å². The summed E-state index contributed by atoms with van der Waals surface area (Å²) in [6.07, 6.45) is 2.18. The summed E-state index contributed by atoms with van der Waals surface area (Å²) >= 11 is 0. The normalized spacial score (nSPS) is 10.9. The Balaban J connectivity index is 2.68. The van der Waals surface area contributed by atoms with Crippen molar-refractivity contribution in [2.45, 2.75) is 13.3 Å². The number of fused-ring (bicyclic) bond motifs is 1. The lowest BCUT2D eigenvalue weighted by Crippen LogP contribution is -1.94. The van der Waals surface area contributed by atoms with Crippen molar-refractivity contribution in [3.05, 3.63) is 35.8 Å². The van der Waals surface area contributed by atoms with Gasteiger partial charge in [0.15, 0.2) is 0 Å². The molecule has 0 amide bonds.